The summed E-state index contributed by atoms with van der Waals surface area (Å²) < 4.78 is 18.5. The van der Waals surface area contributed by atoms with Gasteiger partial charge in [-0.2, -0.15) is 0 Å². The maximum atomic E-state index is 12.7. The molecule has 1 aliphatic carbocycles. The molecule has 0 radical (unpaired) electrons. The molecular weight excluding hydrogens is 229 g/mol. The van der Waals surface area contributed by atoms with Crippen molar-refractivity contribution >= 4 is 0 Å². The normalized spacial score (nSPS) is 24.1. The van der Waals surface area contributed by atoms with Crippen molar-refractivity contribution in [1.82, 2.24) is 0 Å². The third kappa shape index (κ3) is 3.79. The van der Waals surface area contributed by atoms with Crippen LogP contribution in [0, 0.1) is 17.7 Å². The smallest absolute Gasteiger partial charge is 0.123 e. The van der Waals surface area contributed by atoms with E-state index in [0.717, 1.165) is 18.7 Å². The lowest BCUT2D eigenvalue weighted by molar-refractivity contribution is 0.0512. The molecule has 2 rings (SSSR count). The second-order valence-corrected chi connectivity index (χ2v) is 5.18. The lowest BCUT2D eigenvalue weighted by Gasteiger charge is -2.30. The maximum Gasteiger partial charge on any atom is 0.123 e. The van der Waals surface area contributed by atoms with Crippen molar-refractivity contribution < 1.29 is 9.13 Å². The number of benzene rings is 1. The van der Waals surface area contributed by atoms with E-state index in [1.807, 2.05) is 0 Å². The molecule has 100 valence electrons. The molecule has 2 N–H and O–H groups in total. The maximum absolute atomic E-state index is 12.7. The minimum atomic E-state index is -0.200. The van der Waals surface area contributed by atoms with Crippen molar-refractivity contribution in [2.75, 3.05) is 13.2 Å². The summed E-state index contributed by atoms with van der Waals surface area (Å²) in [7, 11) is 0. The molecule has 1 saturated carbocycles. The third-order valence-electron chi connectivity index (χ3n) is 3.88. The van der Waals surface area contributed by atoms with Crippen LogP contribution in [0.15, 0.2) is 24.3 Å². The van der Waals surface area contributed by atoms with Crippen LogP contribution in [0.2, 0.25) is 0 Å². The van der Waals surface area contributed by atoms with Crippen molar-refractivity contribution in [1.29, 1.82) is 0 Å². The van der Waals surface area contributed by atoms with E-state index >= 15 is 0 Å². The van der Waals surface area contributed by atoms with Gasteiger partial charge in [0.1, 0.15) is 5.82 Å². The lowest BCUT2D eigenvalue weighted by Crippen LogP contribution is -2.29. The van der Waals surface area contributed by atoms with E-state index in [-0.39, 0.29) is 5.82 Å². The van der Waals surface area contributed by atoms with Crippen molar-refractivity contribution in [2.45, 2.75) is 32.3 Å². The van der Waals surface area contributed by atoms with Gasteiger partial charge < -0.3 is 10.5 Å². The zero-order valence-corrected chi connectivity index (χ0v) is 10.8. The average molecular weight is 251 g/mol. The first-order valence-corrected chi connectivity index (χ1v) is 6.82. The highest BCUT2D eigenvalue weighted by atomic mass is 19.1. The first-order chi connectivity index (χ1) is 8.79. The second kappa shape index (κ2) is 6.86. The number of halogens is 1. The first-order valence-electron chi connectivity index (χ1n) is 6.82. The fourth-order valence-electron chi connectivity index (χ4n) is 2.72. The monoisotopic (exact) mass is 251 g/mol. The molecule has 0 heterocycles. The molecule has 1 aromatic rings. The van der Waals surface area contributed by atoms with E-state index in [9.17, 15) is 4.39 Å². The van der Waals surface area contributed by atoms with Gasteiger partial charge in [-0.3, -0.25) is 0 Å². The van der Waals surface area contributed by atoms with Gasteiger partial charge >= 0.3 is 0 Å². The predicted octanol–water partition coefficient (Wildman–Crippen LogP) is 3.11. The number of hydrogen-bond acceptors (Lipinski definition) is 2. The minimum Gasteiger partial charge on any atom is -0.376 e. The zero-order valence-electron chi connectivity index (χ0n) is 10.8. The predicted molar refractivity (Wildman–Crippen MR) is 70.6 cm³/mol. The highest BCUT2D eigenvalue weighted by molar-refractivity contribution is 5.14. The van der Waals surface area contributed by atoms with Crippen molar-refractivity contribution in [3.63, 3.8) is 0 Å². The van der Waals surface area contributed by atoms with Crippen LogP contribution in [-0.2, 0) is 11.3 Å². The topological polar surface area (TPSA) is 35.2 Å². The summed E-state index contributed by atoms with van der Waals surface area (Å²) >= 11 is 0. The third-order valence-corrected chi connectivity index (χ3v) is 3.88. The molecule has 2 nitrogen and oxygen atoms in total. The second-order valence-electron chi connectivity index (χ2n) is 5.18. The van der Waals surface area contributed by atoms with Gasteiger partial charge in [0.05, 0.1) is 13.2 Å². The number of rotatable bonds is 5. The van der Waals surface area contributed by atoms with Crippen LogP contribution in [0.3, 0.4) is 0 Å². The van der Waals surface area contributed by atoms with Crippen molar-refractivity contribution in [2.24, 2.45) is 17.6 Å². The lowest BCUT2D eigenvalue weighted by atomic mass is 9.80. The Labute approximate surface area is 108 Å². The van der Waals surface area contributed by atoms with E-state index in [1.54, 1.807) is 12.1 Å². The molecule has 1 aromatic carbocycles. The van der Waals surface area contributed by atoms with E-state index in [2.05, 4.69) is 0 Å². The van der Waals surface area contributed by atoms with Crippen LogP contribution >= 0.6 is 0 Å². The van der Waals surface area contributed by atoms with Gasteiger partial charge in [-0.25, -0.2) is 4.39 Å². The van der Waals surface area contributed by atoms with E-state index < -0.39 is 0 Å². The number of nitrogens with two attached hydrogens (primary N) is 1. The van der Waals surface area contributed by atoms with Gasteiger partial charge in [0.15, 0.2) is 0 Å². The Balaban J connectivity index is 1.75. The standard InChI is InChI=1S/C15H22FNO/c16-15-7-5-12(6-8-15)10-18-11-14-4-2-1-3-13(14)9-17/h5-8,13-14H,1-4,9-11,17H2. The Kier molecular flexibility index (Phi) is 5.14. The molecule has 0 aliphatic heterocycles. The molecule has 3 heteroatoms. The number of hydrogen-bond donors (Lipinski definition) is 1. The summed E-state index contributed by atoms with van der Waals surface area (Å²) in [6, 6.07) is 6.50. The Bertz CT molecular complexity index is 352. The molecule has 0 bridgehead atoms. The molecule has 0 saturated heterocycles. The Hall–Kier alpha value is -0.930. The average Bonchev–Trinajstić information content (AvgIpc) is 2.41. The van der Waals surface area contributed by atoms with E-state index in [1.165, 1.54) is 37.8 Å². The highest BCUT2D eigenvalue weighted by Crippen LogP contribution is 2.29. The van der Waals surface area contributed by atoms with Gasteiger partial charge in [-0.05, 0) is 48.9 Å². The van der Waals surface area contributed by atoms with Crippen LogP contribution in [0.25, 0.3) is 0 Å². The molecule has 0 amide bonds. The molecule has 2 unspecified atom stereocenters. The summed E-state index contributed by atoms with van der Waals surface area (Å²) in [6.07, 6.45) is 5.06. The first kappa shape index (κ1) is 13.5. The van der Waals surface area contributed by atoms with Gasteiger partial charge in [0.25, 0.3) is 0 Å². The van der Waals surface area contributed by atoms with E-state index in [4.69, 9.17) is 10.5 Å². The van der Waals surface area contributed by atoms with Crippen molar-refractivity contribution in [3.05, 3.63) is 35.6 Å². The fourth-order valence-corrected chi connectivity index (χ4v) is 2.72. The van der Waals surface area contributed by atoms with Gasteiger partial charge in [0, 0.05) is 0 Å². The molecule has 1 aliphatic rings. The molecule has 1 fully saturated rings. The van der Waals surface area contributed by atoms with Crippen LogP contribution in [0.4, 0.5) is 4.39 Å². The van der Waals surface area contributed by atoms with Crippen LogP contribution < -0.4 is 5.73 Å². The fraction of sp³-hybridized carbons (Fsp3) is 0.600. The zero-order chi connectivity index (χ0) is 12.8. The molecule has 0 spiro atoms. The molecule has 18 heavy (non-hydrogen) atoms. The molecular formula is C15H22FNO. The molecule has 2 atom stereocenters. The van der Waals surface area contributed by atoms with Gasteiger partial charge in [-0.1, -0.05) is 25.0 Å². The van der Waals surface area contributed by atoms with Crippen LogP contribution in [-0.4, -0.2) is 13.2 Å². The summed E-state index contributed by atoms with van der Waals surface area (Å²) in [4.78, 5) is 0. The van der Waals surface area contributed by atoms with Gasteiger partial charge in [0.2, 0.25) is 0 Å². The summed E-state index contributed by atoms with van der Waals surface area (Å²) in [5.41, 5.74) is 6.82. The SMILES string of the molecule is NCC1CCCCC1COCc1ccc(F)cc1. The quantitative estimate of drug-likeness (QED) is 0.872. The number of ether oxygens (including phenoxy) is 1. The van der Waals surface area contributed by atoms with Crippen LogP contribution in [0.1, 0.15) is 31.2 Å². The summed E-state index contributed by atoms with van der Waals surface area (Å²) in [5.74, 6) is 1.02. The van der Waals surface area contributed by atoms with E-state index in [0.29, 0.717) is 18.4 Å². The van der Waals surface area contributed by atoms with Crippen molar-refractivity contribution in [3.8, 4) is 0 Å². The molecule has 0 aromatic heterocycles. The largest absolute Gasteiger partial charge is 0.376 e. The van der Waals surface area contributed by atoms with Gasteiger partial charge in [-0.15, -0.1) is 0 Å². The Morgan fingerprint density at radius 2 is 1.78 bits per heavy atom. The summed E-state index contributed by atoms with van der Waals surface area (Å²) in [5, 5.41) is 0. The minimum absolute atomic E-state index is 0.200. The Morgan fingerprint density at radius 3 is 2.44 bits per heavy atom. The Morgan fingerprint density at radius 1 is 1.11 bits per heavy atom. The summed E-state index contributed by atoms with van der Waals surface area (Å²) in [6.45, 7) is 2.11. The van der Waals surface area contributed by atoms with Crippen LogP contribution in [0.5, 0.6) is 0 Å². The highest BCUT2D eigenvalue weighted by Gasteiger charge is 2.23.